The first-order valence-corrected chi connectivity index (χ1v) is 6.65. The highest BCUT2D eigenvalue weighted by atomic mass is 35.5. The maximum atomic E-state index is 9.62. The van der Waals surface area contributed by atoms with Crippen LogP contribution >= 0.6 is 11.6 Å². The van der Waals surface area contributed by atoms with Crippen molar-refractivity contribution in [3.63, 3.8) is 0 Å². The molecule has 0 amide bonds. The molecule has 0 bridgehead atoms. The van der Waals surface area contributed by atoms with Crippen LogP contribution in [-0.4, -0.2) is 10.2 Å². The predicted molar refractivity (Wildman–Crippen MR) is 82.5 cm³/mol. The monoisotopic (exact) mass is 284 g/mol. The number of hydrogen-bond donors (Lipinski definition) is 2. The third-order valence-electron chi connectivity index (χ3n) is 3.45. The van der Waals surface area contributed by atoms with Crippen LogP contribution in [0.4, 0.5) is 0 Å². The maximum absolute atomic E-state index is 9.62. The molecule has 0 fully saturated rings. The molecule has 0 unspecified atom stereocenters. The van der Waals surface area contributed by atoms with Gasteiger partial charge in [-0.2, -0.15) is 0 Å². The van der Waals surface area contributed by atoms with Crippen molar-refractivity contribution in [3.05, 3.63) is 59.1 Å². The Balaban J connectivity index is 2.21. The highest BCUT2D eigenvalue weighted by Gasteiger charge is 2.07. The fourth-order valence-corrected chi connectivity index (χ4v) is 2.65. The van der Waals surface area contributed by atoms with E-state index in [1.807, 2.05) is 37.3 Å². The van der Waals surface area contributed by atoms with Crippen molar-refractivity contribution < 1.29 is 10.2 Å². The minimum Gasteiger partial charge on any atom is -0.508 e. The summed E-state index contributed by atoms with van der Waals surface area (Å²) in [6.45, 7) is 1.96. The van der Waals surface area contributed by atoms with Crippen LogP contribution in [0.1, 0.15) is 5.56 Å². The molecular formula is C17H13ClO2. The zero-order valence-corrected chi connectivity index (χ0v) is 11.6. The fraction of sp³-hybridized carbons (Fsp3) is 0.0588. The molecule has 3 aromatic carbocycles. The molecule has 20 heavy (non-hydrogen) atoms. The lowest BCUT2D eigenvalue weighted by Gasteiger charge is -2.09. The first-order chi connectivity index (χ1) is 9.56. The summed E-state index contributed by atoms with van der Waals surface area (Å²) >= 11 is 6.09. The van der Waals surface area contributed by atoms with Crippen molar-refractivity contribution in [1.29, 1.82) is 0 Å². The third kappa shape index (κ3) is 2.08. The molecule has 0 aliphatic heterocycles. The van der Waals surface area contributed by atoms with Crippen LogP contribution in [-0.2, 0) is 0 Å². The van der Waals surface area contributed by atoms with Gasteiger partial charge in [0.2, 0.25) is 0 Å². The molecule has 0 heterocycles. The molecular weight excluding hydrogens is 272 g/mol. The fourth-order valence-electron chi connectivity index (χ4n) is 2.42. The number of fused-ring (bicyclic) bond motifs is 1. The molecule has 0 aliphatic rings. The Morgan fingerprint density at radius 1 is 0.900 bits per heavy atom. The molecule has 0 saturated heterocycles. The lowest BCUT2D eigenvalue weighted by Crippen LogP contribution is -1.84. The van der Waals surface area contributed by atoms with E-state index in [0.717, 1.165) is 27.5 Å². The normalized spacial score (nSPS) is 10.9. The van der Waals surface area contributed by atoms with Crippen molar-refractivity contribution in [2.75, 3.05) is 0 Å². The van der Waals surface area contributed by atoms with Gasteiger partial charge in [-0.05, 0) is 53.3 Å². The number of halogens is 1. The average Bonchev–Trinajstić information content (AvgIpc) is 2.43. The van der Waals surface area contributed by atoms with E-state index in [0.29, 0.717) is 5.02 Å². The summed E-state index contributed by atoms with van der Waals surface area (Å²) in [5.74, 6) is 0.354. The van der Waals surface area contributed by atoms with Crippen LogP contribution < -0.4 is 0 Å². The largest absolute Gasteiger partial charge is 0.508 e. The van der Waals surface area contributed by atoms with Gasteiger partial charge in [-0.25, -0.2) is 0 Å². The summed E-state index contributed by atoms with van der Waals surface area (Å²) in [6.07, 6.45) is 0. The van der Waals surface area contributed by atoms with Crippen molar-refractivity contribution >= 4 is 22.4 Å². The van der Waals surface area contributed by atoms with Crippen LogP contribution in [0, 0.1) is 6.92 Å². The number of aryl methyl sites for hydroxylation is 1. The molecule has 0 radical (unpaired) electrons. The van der Waals surface area contributed by atoms with E-state index in [1.54, 1.807) is 18.2 Å². The smallest absolute Gasteiger partial charge is 0.134 e. The van der Waals surface area contributed by atoms with Crippen LogP contribution in [0.15, 0.2) is 48.5 Å². The zero-order valence-electron chi connectivity index (χ0n) is 10.9. The van der Waals surface area contributed by atoms with E-state index in [9.17, 15) is 10.2 Å². The molecule has 0 spiro atoms. The van der Waals surface area contributed by atoms with E-state index >= 15 is 0 Å². The van der Waals surface area contributed by atoms with Crippen molar-refractivity contribution in [1.82, 2.24) is 0 Å². The first-order valence-electron chi connectivity index (χ1n) is 6.27. The minimum absolute atomic E-state index is 0.0905. The second-order valence-electron chi connectivity index (χ2n) is 4.83. The van der Waals surface area contributed by atoms with Crippen molar-refractivity contribution in [3.8, 4) is 22.6 Å². The molecule has 3 aromatic rings. The van der Waals surface area contributed by atoms with E-state index < -0.39 is 0 Å². The predicted octanol–water partition coefficient (Wildman–Crippen LogP) is 4.88. The first kappa shape index (κ1) is 12.8. The SMILES string of the molecule is Cc1cc(O)ccc1-c1ccc2c(Cl)c(O)ccc2c1. The highest BCUT2D eigenvalue weighted by molar-refractivity contribution is 6.37. The van der Waals surface area contributed by atoms with Gasteiger partial charge in [-0.3, -0.25) is 0 Å². The molecule has 3 heteroatoms. The summed E-state index contributed by atoms with van der Waals surface area (Å²) < 4.78 is 0. The van der Waals surface area contributed by atoms with Gasteiger partial charge in [-0.1, -0.05) is 35.9 Å². The summed E-state index contributed by atoms with van der Waals surface area (Å²) in [4.78, 5) is 0. The highest BCUT2D eigenvalue weighted by Crippen LogP contribution is 2.35. The standard InChI is InChI=1S/C17H13ClO2/c1-10-8-13(19)4-6-14(10)11-2-5-15-12(9-11)3-7-16(20)17(15)18/h2-9,19-20H,1H3. The molecule has 0 aliphatic carbocycles. The number of phenolic OH excluding ortho intramolecular Hbond substituents is 2. The van der Waals surface area contributed by atoms with E-state index in [-0.39, 0.29) is 11.5 Å². The van der Waals surface area contributed by atoms with Gasteiger partial charge in [0.15, 0.2) is 0 Å². The second kappa shape index (κ2) is 4.73. The number of hydrogen-bond acceptors (Lipinski definition) is 2. The summed E-state index contributed by atoms with van der Waals surface area (Å²) in [6, 6.07) is 14.6. The second-order valence-corrected chi connectivity index (χ2v) is 5.21. The Morgan fingerprint density at radius 3 is 2.45 bits per heavy atom. The third-order valence-corrected chi connectivity index (χ3v) is 3.85. The number of phenols is 2. The van der Waals surface area contributed by atoms with Gasteiger partial charge in [0.05, 0.1) is 5.02 Å². The molecule has 0 saturated carbocycles. The van der Waals surface area contributed by atoms with Crippen LogP contribution in [0.3, 0.4) is 0 Å². The molecule has 100 valence electrons. The lowest BCUT2D eigenvalue weighted by atomic mass is 9.97. The van der Waals surface area contributed by atoms with E-state index in [4.69, 9.17) is 11.6 Å². The Morgan fingerprint density at radius 2 is 1.70 bits per heavy atom. The maximum Gasteiger partial charge on any atom is 0.134 e. The minimum atomic E-state index is 0.0905. The van der Waals surface area contributed by atoms with Gasteiger partial charge < -0.3 is 10.2 Å². The van der Waals surface area contributed by atoms with Gasteiger partial charge in [0.25, 0.3) is 0 Å². The van der Waals surface area contributed by atoms with Crippen molar-refractivity contribution in [2.45, 2.75) is 6.92 Å². The average molecular weight is 285 g/mol. The Kier molecular flexibility index (Phi) is 3.03. The molecule has 2 N–H and O–H groups in total. The summed E-state index contributed by atoms with van der Waals surface area (Å²) in [5.41, 5.74) is 3.12. The van der Waals surface area contributed by atoms with Crippen molar-refractivity contribution in [2.24, 2.45) is 0 Å². The number of rotatable bonds is 1. The van der Waals surface area contributed by atoms with Crippen LogP contribution in [0.2, 0.25) is 5.02 Å². The lowest BCUT2D eigenvalue weighted by molar-refractivity contribution is 0.475. The number of aromatic hydroxyl groups is 2. The van der Waals surface area contributed by atoms with Gasteiger partial charge in [0.1, 0.15) is 11.5 Å². The molecule has 2 nitrogen and oxygen atoms in total. The zero-order chi connectivity index (χ0) is 14.3. The van der Waals surface area contributed by atoms with Crippen LogP contribution in [0.5, 0.6) is 11.5 Å². The molecule has 3 rings (SSSR count). The van der Waals surface area contributed by atoms with Gasteiger partial charge in [0, 0.05) is 5.39 Å². The van der Waals surface area contributed by atoms with E-state index in [2.05, 4.69) is 0 Å². The summed E-state index contributed by atoms with van der Waals surface area (Å²) in [7, 11) is 0. The van der Waals surface area contributed by atoms with Gasteiger partial charge >= 0.3 is 0 Å². The summed E-state index contributed by atoms with van der Waals surface area (Å²) in [5, 5.41) is 21.3. The van der Waals surface area contributed by atoms with Crippen LogP contribution in [0.25, 0.3) is 21.9 Å². The molecule has 0 aromatic heterocycles. The quantitative estimate of drug-likeness (QED) is 0.668. The van der Waals surface area contributed by atoms with E-state index in [1.165, 1.54) is 0 Å². The Hall–Kier alpha value is -2.19. The molecule has 0 atom stereocenters. The van der Waals surface area contributed by atoms with Gasteiger partial charge in [-0.15, -0.1) is 0 Å². The Labute approximate surface area is 121 Å². The Bertz CT molecular complexity index is 809. The topological polar surface area (TPSA) is 40.5 Å². The number of benzene rings is 3.